The molecule has 0 aliphatic carbocycles. The Morgan fingerprint density at radius 1 is 1.30 bits per heavy atom. The van der Waals surface area contributed by atoms with E-state index in [1.54, 1.807) is 24.3 Å². The molecule has 0 aromatic heterocycles. The molecule has 0 saturated carbocycles. The molecular formula is C19H29N3O4S. The van der Waals surface area contributed by atoms with Gasteiger partial charge in [-0.2, -0.15) is 0 Å². The van der Waals surface area contributed by atoms with Gasteiger partial charge in [0, 0.05) is 30.4 Å². The number of hydrogen-bond acceptors (Lipinski definition) is 4. The third-order valence-corrected chi connectivity index (χ3v) is 6.47. The van der Waals surface area contributed by atoms with Crippen molar-refractivity contribution in [3.63, 3.8) is 0 Å². The van der Waals surface area contributed by atoms with E-state index in [2.05, 4.69) is 10.6 Å². The summed E-state index contributed by atoms with van der Waals surface area (Å²) in [5.41, 5.74) is 1.00. The molecule has 8 heteroatoms. The molecule has 0 spiro atoms. The highest BCUT2D eigenvalue weighted by Crippen LogP contribution is 2.22. The van der Waals surface area contributed by atoms with E-state index < -0.39 is 15.9 Å². The Bertz CT molecular complexity index is 777. The lowest BCUT2D eigenvalue weighted by molar-refractivity contribution is -0.120. The van der Waals surface area contributed by atoms with Gasteiger partial charge >= 0.3 is 0 Å². The molecule has 150 valence electrons. The fourth-order valence-electron chi connectivity index (χ4n) is 3.12. The van der Waals surface area contributed by atoms with Crippen LogP contribution in [0.3, 0.4) is 0 Å². The summed E-state index contributed by atoms with van der Waals surface area (Å²) in [5, 5.41) is 5.64. The number of piperidine rings is 1. The topological polar surface area (TPSA) is 95.6 Å². The fourth-order valence-corrected chi connectivity index (χ4v) is 4.71. The molecule has 1 aliphatic heterocycles. The van der Waals surface area contributed by atoms with Crippen LogP contribution in [0.25, 0.3) is 0 Å². The molecule has 1 atom stereocenters. The number of sulfonamides is 1. The van der Waals surface area contributed by atoms with Gasteiger partial charge in [0.25, 0.3) is 5.91 Å². The van der Waals surface area contributed by atoms with E-state index in [4.69, 9.17) is 0 Å². The summed E-state index contributed by atoms with van der Waals surface area (Å²) < 4.78 is 26.0. The van der Waals surface area contributed by atoms with Crippen LogP contribution in [0, 0.1) is 5.92 Å². The first kappa shape index (κ1) is 21.4. The van der Waals surface area contributed by atoms with Crippen molar-refractivity contribution in [2.75, 3.05) is 24.2 Å². The van der Waals surface area contributed by atoms with Crippen LogP contribution in [0.1, 0.15) is 50.4 Å². The average Bonchev–Trinajstić information content (AvgIpc) is 2.61. The maximum Gasteiger partial charge on any atom is 0.251 e. The van der Waals surface area contributed by atoms with Gasteiger partial charge in [0.05, 0.1) is 11.7 Å². The van der Waals surface area contributed by atoms with Crippen molar-refractivity contribution in [2.45, 2.75) is 46.1 Å². The number of carbonyl (C=O) groups excluding carboxylic acids is 2. The zero-order chi connectivity index (χ0) is 20.0. The summed E-state index contributed by atoms with van der Waals surface area (Å²) in [6.45, 7) is 6.27. The van der Waals surface area contributed by atoms with Crippen molar-refractivity contribution in [1.82, 2.24) is 9.62 Å². The Kier molecular flexibility index (Phi) is 7.38. The van der Waals surface area contributed by atoms with Gasteiger partial charge < -0.3 is 10.6 Å². The Morgan fingerprint density at radius 3 is 2.70 bits per heavy atom. The van der Waals surface area contributed by atoms with Gasteiger partial charge in [0.1, 0.15) is 0 Å². The SMILES string of the molecule is CCCS(=O)(=O)N1CCC[C@@H](C(=O)Nc2cccc(C(=O)NC(C)C)c2)C1. The second kappa shape index (κ2) is 9.32. The monoisotopic (exact) mass is 395 g/mol. The number of nitrogens with zero attached hydrogens (tertiary/aromatic N) is 1. The summed E-state index contributed by atoms with van der Waals surface area (Å²) in [6.07, 6.45) is 1.87. The molecule has 2 N–H and O–H groups in total. The van der Waals surface area contributed by atoms with E-state index in [1.807, 2.05) is 20.8 Å². The maximum atomic E-state index is 12.6. The molecule has 27 heavy (non-hydrogen) atoms. The number of carbonyl (C=O) groups is 2. The fraction of sp³-hybridized carbons (Fsp3) is 0.579. The standard InChI is InChI=1S/C19H29N3O4S/c1-4-11-27(25,26)22-10-6-8-16(13-22)19(24)21-17-9-5-7-15(12-17)18(23)20-14(2)3/h5,7,9,12,14,16H,4,6,8,10-11,13H2,1-3H3,(H,20,23)(H,21,24)/t16-/m1/s1. The van der Waals surface area contributed by atoms with Crippen molar-refractivity contribution in [1.29, 1.82) is 0 Å². The Labute approximate surface area is 161 Å². The molecule has 1 saturated heterocycles. The van der Waals surface area contributed by atoms with Gasteiger partial charge in [-0.1, -0.05) is 13.0 Å². The van der Waals surface area contributed by atoms with E-state index >= 15 is 0 Å². The summed E-state index contributed by atoms with van der Waals surface area (Å²) in [6, 6.07) is 6.77. The smallest absolute Gasteiger partial charge is 0.251 e. The third-order valence-electron chi connectivity index (χ3n) is 4.42. The molecule has 2 amide bonds. The van der Waals surface area contributed by atoms with Gasteiger partial charge in [0.15, 0.2) is 0 Å². The number of anilines is 1. The first-order valence-corrected chi connectivity index (χ1v) is 11.0. The average molecular weight is 396 g/mol. The summed E-state index contributed by atoms with van der Waals surface area (Å²) in [4.78, 5) is 24.7. The Morgan fingerprint density at radius 2 is 2.04 bits per heavy atom. The van der Waals surface area contributed by atoms with Crippen LogP contribution in [0.5, 0.6) is 0 Å². The third kappa shape index (κ3) is 6.04. The molecule has 1 fully saturated rings. The lowest BCUT2D eigenvalue weighted by Gasteiger charge is -2.31. The first-order chi connectivity index (χ1) is 12.7. The molecule has 0 radical (unpaired) electrons. The van der Waals surface area contributed by atoms with Crippen molar-refractivity contribution in [2.24, 2.45) is 5.92 Å². The molecule has 2 rings (SSSR count). The van der Waals surface area contributed by atoms with Gasteiger partial charge in [-0.25, -0.2) is 12.7 Å². The number of rotatable bonds is 7. The highest BCUT2D eigenvalue weighted by Gasteiger charge is 2.31. The molecule has 7 nitrogen and oxygen atoms in total. The molecule has 0 bridgehead atoms. The molecule has 1 aromatic rings. The zero-order valence-corrected chi connectivity index (χ0v) is 17.0. The second-order valence-electron chi connectivity index (χ2n) is 7.21. The van der Waals surface area contributed by atoms with Crippen molar-refractivity contribution < 1.29 is 18.0 Å². The minimum absolute atomic E-state index is 0.0223. The lowest BCUT2D eigenvalue weighted by atomic mass is 9.98. The zero-order valence-electron chi connectivity index (χ0n) is 16.2. The minimum atomic E-state index is -3.30. The van der Waals surface area contributed by atoms with Crippen LogP contribution >= 0.6 is 0 Å². The van der Waals surface area contributed by atoms with Crippen molar-refractivity contribution >= 4 is 27.5 Å². The van der Waals surface area contributed by atoms with Gasteiger partial charge in [-0.3, -0.25) is 9.59 Å². The van der Waals surface area contributed by atoms with E-state index in [1.165, 1.54) is 4.31 Å². The predicted octanol–water partition coefficient (Wildman–Crippen LogP) is 2.22. The molecule has 0 unspecified atom stereocenters. The van der Waals surface area contributed by atoms with Crippen LogP contribution in [-0.4, -0.2) is 49.4 Å². The van der Waals surface area contributed by atoms with Crippen molar-refractivity contribution in [3.8, 4) is 0 Å². The molecular weight excluding hydrogens is 366 g/mol. The highest BCUT2D eigenvalue weighted by molar-refractivity contribution is 7.89. The van der Waals surface area contributed by atoms with Gasteiger partial charge in [0.2, 0.25) is 15.9 Å². The molecule has 1 aliphatic rings. The van der Waals surface area contributed by atoms with E-state index in [0.29, 0.717) is 37.1 Å². The highest BCUT2D eigenvalue weighted by atomic mass is 32.2. The van der Waals surface area contributed by atoms with E-state index in [0.717, 1.165) is 0 Å². The quantitative estimate of drug-likeness (QED) is 0.740. The van der Waals surface area contributed by atoms with Crippen LogP contribution < -0.4 is 10.6 Å². The van der Waals surface area contributed by atoms with Crippen molar-refractivity contribution in [3.05, 3.63) is 29.8 Å². The Hall–Kier alpha value is -1.93. The Balaban J connectivity index is 2.03. The summed E-state index contributed by atoms with van der Waals surface area (Å²) >= 11 is 0. The lowest BCUT2D eigenvalue weighted by Crippen LogP contribution is -2.44. The predicted molar refractivity (Wildman–Crippen MR) is 106 cm³/mol. The van der Waals surface area contributed by atoms with Gasteiger partial charge in [-0.15, -0.1) is 0 Å². The summed E-state index contributed by atoms with van der Waals surface area (Å²) in [5.74, 6) is -0.698. The second-order valence-corrected chi connectivity index (χ2v) is 9.30. The van der Waals surface area contributed by atoms with E-state index in [9.17, 15) is 18.0 Å². The van der Waals surface area contributed by atoms with Gasteiger partial charge in [-0.05, 0) is 51.3 Å². The first-order valence-electron chi connectivity index (χ1n) is 9.42. The van der Waals surface area contributed by atoms with Crippen LogP contribution in [-0.2, 0) is 14.8 Å². The van der Waals surface area contributed by atoms with Crippen LogP contribution in [0.15, 0.2) is 24.3 Å². The van der Waals surface area contributed by atoms with Crippen LogP contribution in [0.4, 0.5) is 5.69 Å². The molecule has 1 heterocycles. The summed E-state index contributed by atoms with van der Waals surface area (Å²) in [7, 11) is -3.30. The minimum Gasteiger partial charge on any atom is -0.350 e. The normalized spacial score (nSPS) is 18.3. The van der Waals surface area contributed by atoms with Crippen LogP contribution in [0.2, 0.25) is 0 Å². The maximum absolute atomic E-state index is 12.6. The van der Waals surface area contributed by atoms with E-state index in [-0.39, 0.29) is 30.2 Å². The number of nitrogens with one attached hydrogen (secondary N) is 2. The molecule has 1 aromatic carbocycles. The largest absolute Gasteiger partial charge is 0.350 e. The number of hydrogen-bond donors (Lipinski definition) is 2. The number of benzene rings is 1. The number of amides is 2.